The van der Waals surface area contributed by atoms with Gasteiger partial charge in [0.15, 0.2) is 0 Å². The molecule has 2 N–H and O–H groups in total. The van der Waals surface area contributed by atoms with Gasteiger partial charge in [0.1, 0.15) is 0 Å². The summed E-state index contributed by atoms with van der Waals surface area (Å²) >= 11 is 1.68. The number of unbranched alkanes of at least 4 members (excludes halogenated alkanes) is 1. The van der Waals surface area contributed by atoms with Gasteiger partial charge in [-0.1, -0.05) is 26.7 Å². The van der Waals surface area contributed by atoms with Crippen LogP contribution in [0.1, 0.15) is 44.9 Å². The van der Waals surface area contributed by atoms with Crippen molar-refractivity contribution in [3.8, 4) is 0 Å². The van der Waals surface area contributed by atoms with Crippen LogP contribution in [0.2, 0.25) is 0 Å². The highest BCUT2D eigenvalue weighted by Gasteiger charge is 2.04. The van der Waals surface area contributed by atoms with Gasteiger partial charge < -0.3 is 10.6 Å². The van der Waals surface area contributed by atoms with Gasteiger partial charge in [0.2, 0.25) is 5.91 Å². The third-order valence-corrected chi connectivity index (χ3v) is 3.65. The molecule has 0 bridgehead atoms. The minimum Gasteiger partial charge on any atom is -0.325 e. The third-order valence-electron chi connectivity index (χ3n) is 2.73. The van der Waals surface area contributed by atoms with Gasteiger partial charge in [-0.3, -0.25) is 4.79 Å². The predicted octanol–water partition coefficient (Wildman–Crippen LogP) is 3.62. The smallest absolute Gasteiger partial charge is 0.221 e. The van der Waals surface area contributed by atoms with E-state index in [1.807, 2.05) is 11.4 Å². The van der Waals surface area contributed by atoms with Gasteiger partial charge in [0.05, 0.1) is 5.69 Å². The molecule has 0 aliphatic heterocycles. The molecule has 1 aromatic heterocycles. The van der Waals surface area contributed by atoms with Crippen molar-refractivity contribution < 1.29 is 4.79 Å². The summed E-state index contributed by atoms with van der Waals surface area (Å²) in [6, 6.07) is 1.96. The van der Waals surface area contributed by atoms with Gasteiger partial charge in [-0.15, -0.1) is 11.3 Å². The van der Waals surface area contributed by atoms with Crippen LogP contribution >= 0.6 is 11.3 Å². The molecule has 0 aromatic carbocycles. The van der Waals surface area contributed by atoms with Crippen molar-refractivity contribution in [3.63, 3.8) is 0 Å². The molecule has 0 aliphatic carbocycles. The molecule has 1 aromatic rings. The fourth-order valence-corrected chi connectivity index (χ4v) is 2.58. The molecule has 0 saturated heterocycles. The van der Waals surface area contributed by atoms with Crippen LogP contribution in [0.15, 0.2) is 11.4 Å². The number of nitrogens with one attached hydrogen (secondary N) is 2. The monoisotopic (exact) mass is 268 g/mol. The molecule has 18 heavy (non-hydrogen) atoms. The zero-order valence-electron chi connectivity index (χ0n) is 11.6. The molecular weight excluding hydrogens is 244 g/mol. The highest BCUT2D eigenvalue weighted by molar-refractivity contribution is 7.10. The number of carbonyl (C=O) groups is 1. The van der Waals surface area contributed by atoms with Crippen molar-refractivity contribution in [1.82, 2.24) is 5.32 Å². The maximum absolute atomic E-state index is 11.0. The summed E-state index contributed by atoms with van der Waals surface area (Å²) in [5.74, 6) is 0.792. The van der Waals surface area contributed by atoms with E-state index in [0.29, 0.717) is 0 Å². The fourth-order valence-electron chi connectivity index (χ4n) is 1.78. The molecule has 3 nitrogen and oxygen atoms in total. The van der Waals surface area contributed by atoms with Crippen molar-refractivity contribution >= 4 is 22.9 Å². The summed E-state index contributed by atoms with van der Waals surface area (Å²) in [7, 11) is 0. The summed E-state index contributed by atoms with van der Waals surface area (Å²) in [5.41, 5.74) is 0.946. The van der Waals surface area contributed by atoms with Gasteiger partial charge in [0.25, 0.3) is 0 Å². The van der Waals surface area contributed by atoms with E-state index in [4.69, 9.17) is 0 Å². The number of thiophene rings is 1. The lowest BCUT2D eigenvalue weighted by atomic mass is 10.1. The second kappa shape index (κ2) is 8.27. The maximum Gasteiger partial charge on any atom is 0.221 e. The standard InChI is InChI=1S/C14H24N2OS/c1-11(2)6-4-5-8-15-10-14-13(7-9-18-14)16-12(3)17/h7,9,11,15H,4-6,8,10H2,1-3H3,(H,16,17). The molecule has 0 atom stereocenters. The van der Waals surface area contributed by atoms with Crippen LogP contribution in [-0.2, 0) is 11.3 Å². The van der Waals surface area contributed by atoms with Crippen LogP contribution < -0.4 is 10.6 Å². The second-order valence-electron chi connectivity index (χ2n) is 5.01. The first-order valence-corrected chi connectivity index (χ1v) is 7.52. The number of anilines is 1. The van der Waals surface area contributed by atoms with Crippen LogP contribution in [0.25, 0.3) is 0 Å². The molecule has 4 heteroatoms. The zero-order valence-corrected chi connectivity index (χ0v) is 12.4. The number of hydrogen-bond donors (Lipinski definition) is 2. The van der Waals surface area contributed by atoms with Crippen molar-refractivity contribution in [3.05, 3.63) is 16.3 Å². The Morgan fingerprint density at radius 3 is 2.83 bits per heavy atom. The lowest BCUT2D eigenvalue weighted by Crippen LogP contribution is -2.15. The van der Waals surface area contributed by atoms with Crippen molar-refractivity contribution in [2.24, 2.45) is 5.92 Å². The van der Waals surface area contributed by atoms with Crippen molar-refractivity contribution in [1.29, 1.82) is 0 Å². The molecule has 1 rings (SSSR count). The van der Waals surface area contributed by atoms with E-state index in [-0.39, 0.29) is 5.91 Å². The molecule has 0 saturated carbocycles. The Hall–Kier alpha value is -0.870. The van der Waals surface area contributed by atoms with Crippen molar-refractivity contribution in [2.45, 2.75) is 46.6 Å². The SMILES string of the molecule is CC(=O)Nc1ccsc1CNCCCCC(C)C. The number of carbonyl (C=O) groups excluding carboxylic acids is 1. The van der Waals surface area contributed by atoms with Gasteiger partial charge in [-0.25, -0.2) is 0 Å². The third kappa shape index (κ3) is 6.17. The van der Waals surface area contributed by atoms with Crippen LogP contribution in [0.4, 0.5) is 5.69 Å². The first kappa shape index (κ1) is 15.2. The molecule has 0 aliphatic rings. The maximum atomic E-state index is 11.0. The molecular formula is C14H24N2OS. The average Bonchev–Trinajstić information content (AvgIpc) is 2.69. The summed E-state index contributed by atoms with van der Waals surface area (Å²) in [6.07, 6.45) is 3.81. The average molecular weight is 268 g/mol. The molecule has 1 amide bonds. The quantitative estimate of drug-likeness (QED) is 0.707. The summed E-state index contributed by atoms with van der Waals surface area (Å²) in [4.78, 5) is 12.2. The van der Waals surface area contributed by atoms with E-state index in [0.717, 1.165) is 24.7 Å². The Kier molecular flexibility index (Phi) is 6.98. The number of amides is 1. The lowest BCUT2D eigenvalue weighted by molar-refractivity contribution is -0.114. The molecule has 0 spiro atoms. The summed E-state index contributed by atoms with van der Waals surface area (Å²) < 4.78 is 0. The first-order valence-electron chi connectivity index (χ1n) is 6.64. The van der Waals surface area contributed by atoms with Gasteiger partial charge in [-0.2, -0.15) is 0 Å². The van der Waals surface area contributed by atoms with E-state index in [9.17, 15) is 4.79 Å². The van der Waals surface area contributed by atoms with E-state index in [1.54, 1.807) is 18.3 Å². The first-order chi connectivity index (χ1) is 8.59. The van der Waals surface area contributed by atoms with Gasteiger partial charge >= 0.3 is 0 Å². The van der Waals surface area contributed by atoms with E-state index < -0.39 is 0 Å². The Balaban J connectivity index is 2.19. The fraction of sp³-hybridized carbons (Fsp3) is 0.643. The van der Waals surface area contributed by atoms with E-state index >= 15 is 0 Å². The second-order valence-corrected chi connectivity index (χ2v) is 6.01. The minimum atomic E-state index is -0.00779. The zero-order chi connectivity index (χ0) is 13.4. The molecule has 0 fully saturated rings. The highest BCUT2D eigenvalue weighted by Crippen LogP contribution is 2.21. The lowest BCUT2D eigenvalue weighted by Gasteiger charge is -2.07. The van der Waals surface area contributed by atoms with Gasteiger partial charge in [0, 0.05) is 18.3 Å². The van der Waals surface area contributed by atoms with Crippen LogP contribution in [0, 0.1) is 5.92 Å². The molecule has 0 unspecified atom stereocenters. The number of hydrogen-bond acceptors (Lipinski definition) is 3. The van der Waals surface area contributed by atoms with Gasteiger partial charge in [-0.05, 0) is 30.3 Å². The summed E-state index contributed by atoms with van der Waals surface area (Å²) in [6.45, 7) is 7.96. The predicted molar refractivity (Wildman–Crippen MR) is 79.0 cm³/mol. The molecule has 1 heterocycles. The Bertz CT molecular complexity index is 360. The largest absolute Gasteiger partial charge is 0.325 e. The van der Waals surface area contributed by atoms with Crippen molar-refractivity contribution in [2.75, 3.05) is 11.9 Å². The molecule has 0 radical (unpaired) electrons. The highest BCUT2D eigenvalue weighted by atomic mass is 32.1. The van der Waals surface area contributed by atoms with E-state index in [1.165, 1.54) is 24.1 Å². The minimum absolute atomic E-state index is 0.00779. The summed E-state index contributed by atoms with van der Waals surface area (Å²) in [5, 5.41) is 8.30. The van der Waals surface area contributed by atoms with E-state index in [2.05, 4.69) is 24.5 Å². The molecule has 102 valence electrons. The van der Waals surface area contributed by atoms with Crippen LogP contribution in [0.3, 0.4) is 0 Å². The Morgan fingerprint density at radius 1 is 1.39 bits per heavy atom. The Labute approximate surface area is 114 Å². The normalized spacial score (nSPS) is 10.9. The number of rotatable bonds is 8. The van der Waals surface area contributed by atoms with Crippen LogP contribution in [-0.4, -0.2) is 12.5 Å². The Morgan fingerprint density at radius 2 is 2.17 bits per heavy atom. The topological polar surface area (TPSA) is 41.1 Å². The van der Waals surface area contributed by atoms with Crippen LogP contribution in [0.5, 0.6) is 0 Å².